The Bertz CT molecular complexity index is 1160. The van der Waals surface area contributed by atoms with Crippen LogP contribution in [0.25, 0.3) is 22.0 Å². The summed E-state index contributed by atoms with van der Waals surface area (Å²) in [6.07, 6.45) is -0.629. The molecule has 3 rings (SSSR count). The molecule has 0 bridgehead atoms. The zero-order valence-corrected chi connectivity index (χ0v) is 18.1. The molecule has 30 heavy (non-hydrogen) atoms. The van der Waals surface area contributed by atoms with Crippen LogP contribution in [0.4, 0.5) is 9.18 Å². The minimum Gasteiger partial charge on any atom is -0.442 e. The molecule has 1 heterocycles. The van der Waals surface area contributed by atoms with Gasteiger partial charge in [-0.1, -0.05) is 6.07 Å². The van der Waals surface area contributed by atoms with Crippen molar-refractivity contribution in [3.8, 4) is 17.2 Å². The van der Waals surface area contributed by atoms with E-state index < -0.39 is 17.5 Å². The Labute approximate surface area is 175 Å². The summed E-state index contributed by atoms with van der Waals surface area (Å²) in [6, 6.07) is 8.79. The lowest BCUT2D eigenvalue weighted by Gasteiger charge is -2.19. The van der Waals surface area contributed by atoms with E-state index in [-0.39, 0.29) is 5.56 Å². The summed E-state index contributed by atoms with van der Waals surface area (Å²) in [5.41, 5.74) is 3.02. The van der Waals surface area contributed by atoms with Crippen LogP contribution in [0.15, 0.2) is 24.3 Å². The molecule has 0 aliphatic heterocycles. The number of carbonyl (C=O) groups excluding carboxylic acids is 1. The van der Waals surface area contributed by atoms with Crippen molar-refractivity contribution < 1.29 is 13.9 Å². The van der Waals surface area contributed by atoms with Gasteiger partial charge in [0.2, 0.25) is 0 Å². The van der Waals surface area contributed by atoms with E-state index in [2.05, 4.69) is 16.5 Å². The lowest BCUT2D eigenvalue weighted by atomic mass is 9.93. The Kier molecular flexibility index (Phi) is 5.64. The van der Waals surface area contributed by atoms with E-state index in [0.717, 1.165) is 15.8 Å². The largest absolute Gasteiger partial charge is 0.442 e. The van der Waals surface area contributed by atoms with Gasteiger partial charge in [0.25, 0.3) is 0 Å². The van der Waals surface area contributed by atoms with E-state index in [4.69, 9.17) is 4.74 Å². The lowest BCUT2D eigenvalue weighted by Crippen LogP contribution is -2.27. The molecule has 0 atom stereocenters. The van der Waals surface area contributed by atoms with Crippen LogP contribution in [0.5, 0.6) is 0 Å². The van der Waals surface area contributed by atoms with Gasteiger partial charge in [-0.2, -0.15) is 15.0 Å². The van der Waals surface area contributed by atoms with Crippen LogP contribution in [0.1, 0.15) is 43.2 Å². The number of nitrogens with one attached hydrogen (secondary N) is 1. The SMILES string of the molecule is CNCc1cc(C)c(-c2cc3c(C)nn(C(=O)OC(C)(C)C)c3cc2C#N)c(F)c1. The molecule has 0 fully saturated rings. The van der Waals surface area contributed by atoms with E-state index in [1.807, 2.05) is 13.0 Å². The molecule has 1 N–H and O–H groups in total. The number of nitrogens with zero attached hydrogens (tertiary/aromatic N) is 3. The fraction of sp³-hybridized carbons (Fsp3) is 0.348. The van der Waals surface area contributed by atoms with Crippen molar-refractivity contribution >= 4 is 17.0 Å². The number of fused-ring (bicyclic) bond motifs is 1. The molecule has 0 aliphatic carbocycles. The second-order valence-corrected chi connectivity index (χ2v) is 8.30. The van der Waals surface area contributed by atoms with Gasteiger partial charge in [-0.15, -0.1) is 0 Å². The minimum atomic E-state index is -0.684. The first-order valence-corrected chi connectivity index (χ1v) is 9.66. The molecule has 0 radical (unpaired) electrons. The first-order chi connectivity index (χ1) is 14.1. The van der Waals surface area contributed by atoms with Crippen molar-refractivity contribution in [2.75, 3.05) is 7.05 Å². The molecule has 0 amide bonds. The molecule has 0 aliphatic rings. The maximum Gasteiger partial charge on any atom is 0.435 e. The summed E-state index contributed by atoms with van der Waals surface area (Å²) in [5.74, 6) is -0.395. The fourth-order valence-electron chi connectivity index (χ4n) is 3.52. The Hall–Kier alpha value is -3.24. The normalized spacial score (nSPS) is 11.5. The molecular weight excluding hydrogens is 383 g/mol. The highest BCUT2D eigenvalue weighted by Gasteiger charge is 2.23. The topological polar surface area (TPSA) is 79.9 Å². The van der Waals surface area contributed by atoms with E-state index in [0.29, 0.717) is 34.3 Å². The van der Waals surface area contributed by atoms with E-state index in [1.54, 1.807) is 46.9 Å². The molecule has 2 aromatic carbocycles. The fourth-order valence-corrected chi connectivity index (χ4v) is 3.52. The van der Waals surface area contributed by atoms with Gasteiger partial charge in [0.05, 0.1) is 22.8 Å². The molecule has 0 spiro atoms. The number of benzene rings is 2. The number of rotatable bonds is 3. The Morgan fingerprint density at radius 1 is 1.27 bits per heavy atom. The van der Waals surface area contributed by atoms with Crippen molar-refractivity contribution in [3.05, 3.63) is 52.5 Å². The summed E-state index contributed by atoms with van der Waals surface area (Å²) >= 11 is 0. The third-order valence-corrected chi connectivity index (χ3v) is 4.69. The van der Waals surface area contributed by atoms with E-state index in [1.165, 1.54) is 6.07 Å². The minimum absolute atomic E-state index is 0.260. The number of carbonyl (C=O) groups is 1. The molecule has 0 unspecified atom stereocenters. The third-order valence-electron chi connectivity index (χ3n) is 4.69. The highest BCUT2D eigenvalue weighted by molar-refractivity contribution is 5.95. The maximum atomic E-state index is 15.0. The van der Waals surface area contributed by atoms with Gasteiger partial charge in [0, 0.05) is 23.1 Å². The Morgan fingerprint density at radius 2 is 1.97 bits per heavy atom. The van der Waals surface area contributed by atoms with Gasteiger partial charge < -0.3 is 10.1 Å². The number of hydrogen-bond donors (Lipinski definition) is 1. The molecular formula is C23H25FN4O2. The van der Waals surface area contributed by atoms with Gasteiger partial charge in [0.15, 0.2) is 0 Å². The highest BCUT2D eigenvalue weighted by Crippen LogP contribution is 2.34. The zero-order valence-electron chi connectivity index (χ0n) is 18.1. The van der Waals surface area contributed by atoms with Crippen LogP contribution in [0, 0.1) is 31.0 Å². The average molecular weight is 408 g/mol. The van der Waals surface area contributed by atoms with E-state index in [9.17, 15) is 10.1 Å². The number of aryl methyl sites for hydroxylation is 2. The van der Waals surface area contributed by atoms with Crippen LogP contribution in [-0.2, 0) is 11.3 Å². The first kappa shape index (κ1) is 21.5. The number of nitriles is 1. The summed E-state index contributed by atoms with van der Waals surface area (Å²) in [7, 11) is 1.80. The second kappa shape index (κ2) is 7.88. The molecule has 3 aromatic rings. The summed E-state index contributed by atoms with van der Waals surface area (Å²) in [6.45, 7) is 9.44. The summed E-state index contributed by atoms with van der Waals surface area (Å²) in [5, 5.41) is 17.7. The van der Waals surface area contributed by atoms with Gasteiger partial charge in [-0.25, -0.2) is 9.18 Å². The molecule has 0 saturated carbocycles. The predicted octanol–water partition coefficient (Wildman–Crippen LogP) is 4.83. The Morgan fingerprint density at radius 3 is 2.53 bits per heavy atom. The van der Waals surface area contributed by atoms with Gasteiger partial charge in [0.1, 0.15) is 11.4 Å². The standard InChI is InChI=1S/C23H25FN4O2/c1-13-7-15(12-26-6)8-19(24)21(13)18-10-17-14(2)27-28(20(17)9-16(18)11-25)22(29)30-23(3,4)5/h7-10,26H,12H2,1-6H3. The van der Waals surface area contributed by atoms with Crippen molar-refractivity contribution in [1.82, 2.24) is 15.1 Å². The van der Waals surface area contributed by atoms with Crippen LogP contribution in [0.2, 0.25) is 0 Å². The average Bonchev–Trinajstić information content (AvgIpc) is 2.95. The van der Waals surface area contributed by atoms with Crippen LogP contribution >= 0.6 is 0 Å². The van der Waals surface area contributed by atoms with Gasteiger partial charge in [-0.3, -0.25) is 0 Å². The Balaban J connectivity index is 2.21. The quantitative estimate of drug-likeness (QED) is 0.671. The van der Waals surface area contributed by atoms with Crippen LogP contribution in [0.3, 0.4) is 0 Å². The number of ether oxygens (including phenoxy) is 1. The van der Waals surface area contributed by atoms with Crippen molar-refractivity contribution in [2.24, 2.45) is 0 Å². The predicted molar refractivity (Wildman–Crippen MR) is 114 cm³/mol. The van der Waals surface area contributed by atoms with Gasteiger partial charge >= 0.3 is 6.09 Å². The maximum absolute atomic E-state index is 15.0. The van der Waals surface area contributed by atoms with Crippen LogP contribution < -0.4 is 5.32 Å². The monoisotopic (exact) mass is 408 g/mol. The molecule has 6 nitrogen and oxygen atoms in total. The smallest absolute Gasteiger partial charge is 0.435 e. The summed E-state index contributed by atoms with van der Waals surface area (Å²) < 4.78 is 21.6. The van der Waals surface area contributed by atoms with Crippen molar-refractivity contribution in [1.29, 1.82) is 5.26 Å². The molecule has 7 heteroatoms. The van der Waals surface area contributed by atoms with Crippen molar-refractivity contribution in [2.45, 2.75) is 46.8 Å². The number of aromatic nitrogens is 2. The van der Waals surface area contributed by atoms with E-state index >= 15 is 4.39 Å². The lowest BCUT2D eigenvalue weighted by molar-refractivity contribution is 0.0522. The van der Waals surface area contributed by atoms with Crippen molar-refractivity contribution in [3.63, 3.8) is 0 Å². The first-order valence-electron chi connectivity index (χ1n) is 9.66. The summed E-state index contributed by atoms with van der Waals surface area (Å²) in [4.78, 5) is 12.6. The molecule has 0 saturated heterocycles. The molecule has 156 valence electrons. The zero-order chi connectivity index (χ0) is 22.2. The van der Waals surface area contributed by atoms with Gasteiger partial charge in [-0.05, 0) is 71.0 Å². The second-order valence-electron chi connectivity index (χ2n) is 8.30. The molecule has 1 aromatic heterocycles. The number of halogens is 1. The van der Waals surface area contributed by atoms with Crippen LogP contribution in [-0.4, -0.2) is 28.5 Å². The third kappa shape index (κ3) is 4.05. The number of hydrogen-bond acceptors (Lipinski definition) is 5. The highest BCUT2D eigenvalue weighted by atomic mass is 19.1.